The Kier molecular flexibility index (Phi) is 5.67. The van der Waals surface area contributed by atoms with Crippen LogP contribution in [0, 0.1) is 6.92 Å². The molecule has 0 radical (unpaired) electrons. The van der Waals surface area contributed by atoms with Crippen LogP contribution in [0.3, 0.4) is 0 Å². The first-order chi connectivity index (χ1) is 9.60. The predicted molar refractivity (Wildman–Crippen MR) is 91.9 cm³/mol. The highest BCUT2D eigenvalue weighted by molar-refractivity contribution is 9.10. The van der Waals surface area contributed by atoms with Gasteiger partial charge >= 0.3 is 0 Å². The van der Waals surface area contributed by atoms with Gasteiger partial charge < -0.3 is 4.74 Å². The molecule has 106 valence electrons. The van der Waals surface area contributed by atoms with Crippen molar-refractivity contribution in [1.29, 1.82) is 0 Å². The van der Waals surface area contributed by atoms with Gasteiger partial charge in [0.15, 0.2) is 0 Å². The van der Waals surface area contributed by atoms with Gasteiger partial charge in [0, 0.05) is 14.9 Å². The molecular formula is C17H18Br2O. The summed E-state index contributed by atoms with van der Waals surface area (Å²) in [7, 11) is 0. The summed E-state index contributed by atoms with van der Waals surface area (Å²) in [4.78, 5) is 0.239. The Labute approximate surface area is 137 Å². The van der Waals surface area contributed by atoms with Crippen LogP contribution in [0.5, 0.6) is 5.75 Å². The zero-order valence-corrected chi connectivity index (χ0v) is 14.9. The fourth-order valence-corrected chi connectivity index (χ4v) is 3.32. The van der Waals surface area contributed by atoms with Gasteiger partial charge in [-0.3, -0.25) is 0 Å². The first-order valence-corrected chi connectivity index (χ1v) is 8.43. The van der Waals surface area contributed by atoms with Gasteiger partial charge in [-0.05, 0) is 44.0 Å². The smallest absolute Gasteiger partial charge is 0.123 e. The van der Waals surface area contributed by atoms with E-state index in [0.717, 1.165) is 16.6 Å². The molecule has 0 N–H and O–H groups in total. The third-order valence-electron chi connectivity index (χ3n) is 3.11. The van der Waals surface area contributed by atoms with Crippen LogP contribution in [-0.2, 0) is 6.42 Å². The molecule has 0 bridgehead atoms. The number of alkyl halides is 1. The summed E-state index contributed by atoms with van der Waals surface area (Å²) in [5, 5.41) is 0. The molecule has 2 aromatic carbocycles. The molecule has 0 saturated carbocycles. The maximum absolute atomic E-state index is 5.72. The number of benzene rings is 2. The molecule has 0 aliphatic heterocycles. The van der Waals surface area contributed by atoms with Crippen LogP contribution in [0.2, 0.25) is 0 Å². The van der Waals surface area contributed by atoms with Crippen molar-refractivity contribution in [3.05, 3.63) is 63.6 Å². The third kappa shape index (κ3) is 4.10. The molecule has 0 aliphatic carbocycles. The molecular weight excluding hydrogens is 380 g/mol. The van der Waals surface area contributed by atoms with E-state index in [9.17, 15) is 0 Å². The maximum Gasteiger partial charge on any atom is 0.123 e. The van der Waals surface area contributed by atoms with Crippen molar-refractivity contribution in [3.8, 4) is 5.75 Å². The number of hydrogen-bond acceptors (Lipinski definition) is 1. The van der Waals surface area contributed by atoms with Crippen molar-refractivity contribution < 1.29 is 4.74 Å². The van der Waals surface area contributed by atoms with E-state index in [2.05, 4.69) is 69.1 Å². The lowest BCUT2D eigenvalue weighted by molar-refractivity contribution is 0.336. The summed E-state index contributed by atoms with van der Waals surface area (Å²) in [5.41, 5.74) is 3.80. The Morgan fingerprint density at radius 1 is 1.15 bits per heavy atom. The van der Waals surface area contributed by atoms with Crippen LogP contribution in [-0.4, -0.2) is 6.61 Å². The zero-order chi connectivity index (χ0) is 14.5. The first-order valence-electron chi connectivity index (χ1n) is 6.72. The van der Waals surface area contributed by atoms with E-state index < -0.39 is 0 Å². The lowest BCUT2D eigenvalue weighted by Gasteiger charge is -2.16. The number of hydrogen-bond donors (Lipinski definition) is 0. The van der Waals surface area contributed by atoms with E-state index in [-0.39, 0.29) is 4.83 Å². The second-order valence-corrected chi connectivity index (χ2v) is 6.80. The first kappa shape index (κ1) is 15.6. The Bertz CT molecular complexity index is 581. The SMILES string of the molecule is CCOc1ccc(Br)cc1C(Br)Cc1cccc(C)c1. The van der Waals surface area contributed by atoms with E-state index in [1.165, 1.54) is 16.7 Å². The third-order valence-corrected chi connectivity index (χ3v) is 4.42. The highest BCUT2D eigenvalue weighted by atomic mass is 79.9. The zero-order valence-electron chi connectivity index (χ0n) is 11.7. The Hall–Kier alpha value is -0.800. The van der Waals surface area contributed by atoms with Crippen molar-refractivity contribution in [2.45, 2.75) is 25.1 Å². The molecule has 0 fully saturated rings. The van der Waals surface area contributed by atoms with Gasteiger partial charge in [-0.2, -0.15) is 0 Å². The van der Waals surface area contributed by atoms with Gasteiger partial charge in [-0.25, -0.2) is 0 Å². The molecule has 0 saturated heterocycles. The number of halogens is 2. The maximum atomic E-state index is 5.72. The van der Waals surface area contributed by atoms with Gasteiger partial charge in [0.05, 0.1) is 6.61 Å². The van der Waals surface area contributed by atoms with Crippen molar-refractivity contribution in [2.75, 3.05) is 6.61 Å². The van der Waals surface area contributed by atoms with E-state index in [4.69, 9.17) is 4.74 Å². The molecule has 1 nitrogen and oxygen atoms in total. The fraction of sp³-hybridized carbons (Fsp3) is 0.294. The average Bonchev–Trinajstić information content (AvgIpc) is 2.41. The Morgan fingerprint density at radius 3 is 2.65 bits per heavy atom. The minimum absolute atomic E-state index is 0.239. The predicted octanol–water partition coefficient (Wildman–Crippen LogP) is 5.83. The van der Waals surface area contributed by atoms with E-state index in [1.807, 2.05) is 19.1 Å². The van der Waals surface area contributed by atoms with Gasteiger partial charge in [0.1, 0.15) is 5.75 Å². The van der Waals surface area contributed by atoms with Crippen molar-refractivity contribution in [3.63, 3.8) is 0 Å². The lowest BCUT2D eigenvalue weighted by atomic mass is 10.0. The second-order valence-electron chi connectivity index (χ2n) is 4.78. The van der Waals surface area contributed by atoms with Crippen molar-refractivity contribution >= 4 is 31.9 Å². The Morgan fingerprint density at radius 2 is 1.95 bits per heavy atom. The van der Waals surface area contributed by atoms with Crippen LogP contribution in [0.25, 0.3) is 0 Å². The van der Waals surface area contributed by atoms with Crippen LogP contribution in [0.1, 0.15) is 28.4 Å². The van der Waals surface area contributed by atoms with E-state index in [0.29, 0.717) is 6.61 Å². The van der Waals surface area contributed by atoms with Crippen LogP contribution in [0.4, 0.5) is 0 Å². The summed E-state index contributed by atoms with van der Waals surface area (Å²) >= 11 is 7.34. The van der Waals surface area contributed by atoms with Crippen molar-refractivity contribution in [2.24, 2.45) is 0 Å². The molecule has 0 amide bonds. The molecule has 2 rings (SSSR count). The molecule has 0 heterocycles. The monoisotopic (exact) mass is 396 g/mol. The highest BCUT2D eigenvalue weighted by Gasteiger charge is 2.14. The minimum Gasteiger partial charge on any atom is -0.494 e. The highest BCUT2D eigenvalue weighted by Crippen LogP contribution is 2.36. The quantitative estimate of drug-likeness (QED) is 0.576. The van der Waals surface area contributed by atoms with Gasteiger partial charge in [-0.1, -0.05) is 61.7 Å². The molecule has 20 heavy (non-hydrogen) atoms. The number of rotatable bonds is 5. The molecule has 1 unspecified atom stereocenters. The molecule has 1 atom stereocenters. The average molecular weight is 398 g/mol. The van der Waals surface area contributed by atoms with E-state index in [1.54, 1.807) is 0 Å². The second kappa shape index (κ2) is 7.28. The van der Waals surface area contributed by atoms with Crippen LogP contribution in [0.15, 0.2) is 46.9 Å². The van der Waals surface area contributed by atoms with Crippen LogP contribution < -0.4 is 4.74 Å². The molecule has 0 spiro atoms. The largest absolute Gasteiger partial charge is 0.494 e. The summed E-state index contributed by atoms with van der Waals surface area (Å²) in [5.74, 6) is 0.949. The molecule has 0 aliphatic rings. The summed E-state index contributed by atoms with van der Waals surface area (Å²) in [6.07, 6.45) is 0.943. The summed E-state index contributed by atoms with van der Waals surface area (Å²) in [6, 6.07) is 14.8. The standard InChI is InChI=1S/C17H18Br2O/c1-3-20-17-8-7-14(18)11-15(17)16(19)10-13-6-4-5-12(2)9-13/h4-9,11,16H,3,10H2,1-2H3. The molecule has 3 heteroatoms. The van der Waals surface area contributed by atoms with Crippen molar-refractivity contribution in [1.82, 2.24) is 0 Å². The lowest BCUT2D eigenvalue weighted by Crippen LogP contribution is -2.01. The molecule has 2 aromatic rings. The number of ether oxygens (including phenoxy) is 1. The summed E-state index contributed by atoms with van der Waals surface area (Å²) < 4.78 is 6.80. The van der Waals surface area contributed by atoms with E-state index >= 15 is 0 Å². The molecule has 0 aromatic heterocycles. The van der Waals surface area contributed by atoms with Crippen LogP contribution >= 0.6 is 31.9 Å². The summed E-state index contributed by atoms with van der Waals surface area (Å²) in [6.45, 7) is 4.81. The van der Waals surface area contributed by atoms with Gasteiger partial charge in [0.2, 0.25) is 0 Å². The fourth-order valence-electron chi connectivity index (χ4n) is 2.21. The van der Waals surface area contributed by atoms with Gasteiger partial charge in [0.25, 0.3) is 0 Å². The van der Waals surface area contributed by atoms with Gasteiger partial charge in [-0.15, -0.1) is 0 Å². The topological polar surface area (TPSA) is 9.23 Å². The Balaban J connectivity index is 2.23. The number of aryl methyl sites for hydroxylation is 1. The normalized spacial score (nSPS) is 12.2. The minimum atomic E-state index is 0.239.